The lowest BCUT2D eigenvalue weighted by atomic mass is 10.1. The van der Waals surface area contributed by atoms with Gasteiger partial charge in [0.25, 0.3) is 0 Å². The first-order valence-corrected chi connectivity index (χ1v) is 7.08. The minimum absolute atomic E-state index is 0.802. The molecule has 1 aromatic heterocycles. The van der Waals surface area contributed by atoms with Gasteiger partial charge in [-0.3, -0.25) is 0 Å². The van der Waals surface area contributed by atoms with Crippen molar-refractivity contribution in [1.82, 2.24) is 14.9 Å². The number of hydrogen-bond donors (Lipinski definition) is 1. The average Bonchev–Trinajstić information content (AvgIpc) is 2.87. The molecule has 0 aliphatic heterocycles. The molecule has 0 radical (unpaired) electrons. The summed E-state index contributed by atoms with van der Waals surface area (Å²) in [6, 6.07) is 6.34. The maximum atomic E-state index is 5.47. The highest BCUT2D eigenvalue weighted by molar-refractivity contribution is 5.37. The van der Waals surface area contributed by atoms with Crippen molar-refractivity contribution in [2.24, 2.45) is 0 Å². The number of methoxy groups -OCH3 is 1. The summed E-state index contributed by atoms with van der Waals surface area (Å²) in [7, 11) is 3.68. The van der Waals surface area contributed by atoms with Gasteiger partial charge in [0.15, 0.2) is 0 Å². The molecular weight excluding hydrogens is 250 g/mol. The molecule has 108 valence electrons. The van der Waals surface area contributed by atoms with Crippen molar-refractivity contribution in [1.29, 1.82) is 0 Å². The van der Waals surface area contributed by atoms with Crippen LogP contribution in [-0.4, -0.2) is 23.7 Å². The zero-order valence-corrected chi connectivity index (χ0v) is 12.5. The maximum absolute atomic E-state index is 5.47. The second-order valence-corrected chi connectivity index (χ2v) is 4.90. The molecule has 4 heteroatoms. The predicted molar refractivity (Wildman–Crippen MR) is 81.1 cm³/mol. The van der Waals surface area contributed by atoms with E-state index in [1.54, 1.807) is 7.11 Å². The molecule has 0 spiro atoms. The SMILES string of the molecule is CCCc1nccn1Cc1cc(CNC)ccc1OC. The molecule has 0 fully saturated rings. The van der Waals surface area contributed by atoms with Gasteiger partial charge in [0.1, 0.15) is 11.6 Å². The summed E-state index contributed by atoms with van der Waals surface area (Å²) in [5.74, 6) is 2.06. The Kier molecular flexibility index (Phi) is 5.18. The van der Waals surface area contributed by atoms with Crippen LogP contribution in [0.1, 0.15) is 30.3 Å². The lowest BCUT2D eigenvalue weighted by Gasteiger charge is -2.13. The standard InChI is InChI=1S/C16H23N3O/c1-4-5-16-18-8-9-19(16)12-14-10-13(11-17-2)6-7-15(14)20-3/h6-10,17H,4-5,11-12H2,1-3H3. The Labute approximate surface area is 120 Å². The highest BCUT2D eigenvalue weighted by Gasteiger charge is 2.08. The van der Waals surface area contributed by atoms with E-state index in [-0.39, 0.29) is 0 Å². The van der Waals surface area contributed by atoms with Crippen LogP contribution < -0.4 is 10.1 Å². The highest BCUT2D eigenvalue weighted by atomic mass is 16.5. The van der Waals surface area contributed by atoms with E-state index >= 15 is 0 Å². The predicted octanol–water partition coefficient (Wildman–Crippen LogP) is 2.61. The molecule has 0 unspecified atom stereocenters. The van der Waals surface area contributed by atoms with Gasteiger partial charge in [-0.05, 0) is 31.2 Å². The third kappa shape index (κ3) is 3.39. The number of benzene rings is 1. The van der Waals surface area contributed by atoms with Gasteiger partial charge in [0.2, 0.25) is 0 Å². The van der Waals surface area contributed by atoms with Gasteiger partial charge in [0.05, 0.1) is 13.7 Å². The molecular formula is C16H23N3O. The minimum atomic E-state index is 0.802. The molecule has 2 rings (SSSR count). The molecule has 4 nitrogen and oxygen atoms in total. The van der Waals surface area contributed by atoms with E-state index in [2.05, 4.69) is 33.9 Å². The van der Waals surface area contributed by atoms with Crippen molar-refractivity contribution in [2.45, 2.75) is 32.9 Å². The van der Waals surface area contributed by atoms with Crippen LogP contribution in [-0.2, 0) is 19.5 Å². The normalized spacial score (nSPS) is 10.8. The fourth-order valence-electron chi connectivity index (χ4n) is 2.39. The Hall–Kier alpha value is -1.81. The van der Waals surface area contributed by atoms with Crippen molar-refractivity contribution in [3.05, 3.63) is 47.5 Å². The summed E-state index contributed by atoms with van der Waals surface area (Å²) in [5, 5.41) is 3.18. The van der Waals surface area contributed by atoms with Crippen molar-refractivity contribution in [3.8, 4) is 5.75 Å². The minimum Gasteiger partial charge on any atom is -0.496 e. The fraction of sp³-hybridized carbons (Fsp3) is 0.438. The van der Waals surface area contributed by atoms with Gasteiger partial charge in [-0.15, -0.1) is 0 Å². The average molecular weight is 273 g/mol. The second-order valence-electron chi connectivity index (χ2n) is 4.90. The zero-order chi connectivity index (χ0) is 14.4. The first-order valence-electron chi connectivity index (χ1n) is 7.08. The molecule has 0 aliphatic carbocycles. The van der Waals surface area contributed by atoms with Crippen molar-refractivity contribution < 1.29 is 4.74 Å². The highest BCUT2D eigenvalue weighted by Crippen LogP contribution is 2.21. The smallest absolute Gasteiger partial charge is 0.123 e. The summed E-state index contributed by atoms with van der Waals surface area (Å²) >= 11 is 0. The van der Waals surface area contributed by atoms with E-state index in [4.69, 9.17) is 4.74 Å². The molecule has 0 saturated heterocycles. The maximum Gasteiger partial charge on any atom is 0.123 e. The van der Waals surface area contributed by atoms with Gasteiger partial charge in [-0.1, -0.05) is 13.0 Å². The summed E-state index contributed by atoms with van der Waals surface area (Å²) in [6.07, 6.45) is 6.02. The van der Waals surface area contributed by atoms with Gasteiger partial charge >= 0.3 is 0 Å². The number of hydrogen-bond acceptors (Lipinski definition) is 3. The Morgan fingerprint density at radius 3 is 2.90 bits per heavy atom. The molecule has 2 aromatic rings. The van der Waals surface area contributed by atoms with Gasteiger partial charge in [0, 0.05) is 30.9 Å². The van der Waals surface area contributed by atoms with Crippen LogP contribution in [0.15, 0.2) is 30.6 Å². The number of nitrogens with zero attached hydrogens (tertiary/aromatic N) is 2. The fourth-order valence-corrected chi connectivity index (χ4v) is 2.39. The lowest BCUT2D eigenvalue weighted by Crippen LogP contribution is -2.08. The largest absolute Gasteiger partial charge is 0.496 e. The van der Waals surface area contributed by atoms with E-state index in [9.17, 15) is 0 Å². The number of imidazole rings is 1. The third-order valence-electron chi connectivity index (χ3n) is 3.34. The molecule has 1 aromatic carbocycles. The number of rotatable bonds is 7. The molecule has 0 saturated carbocycles. The summed E-state index contributed by atoms with van der Waals surface area (Å²) in [4.78, 5) is 4.43. The zero-order valence-electron chi connectivity index (χ0n) is 12.5. The number of ether oxygens (including phenoxy) is 1. The molecule has 1 N–H and O–H groups in total. The first-order chi connectivity index (χ1) is 9.78. The van der Waals surface area contributed by atoms with E-state index < -0.39 is 0 Å². The molecule has 0 amide bonds. The summed E-state index contributed by atoms with van der Waals surface area (Å²) < 4.78 is 7.67. The Morgan fingerprint density at radius 1 is 1.35 bits per heavy atom. The third-order valence-corrected chi connectivity index (χ3v) is 3.34. The van der Waals surface area contributed by atoms with Crippen LogP contribution in [0.5, 0.6) is 5.75 Å². The Bertz CT molecular complexity index is 548. The van der Waals surface area contributed by atoms with Crippen molar-refractivity contribution >= 4 is 0 Å². The summed E-state index contributed by atoms with van der Waals surface area (Å²) in [5.41, 5.74) is 2.45. The van der Waals surface area contributed by atoms with Crippen LogP contribution in [0.25, 0.3) is 0 Å². The molecule has 0 bridgehead atoms. The molecule has 1 heterocycles. The number of aromatic nitrogens is 2. The van der Waals surface area contributed by atoms with Crippen LogP contribution >= 0.6 is 0 Å². The van der Waals surface area contributed by atoms with E-state index in [0.717, 1.165) is 37.5 Å². The van der Waals surface area contributed by atoms with Gasteiger partial charge in [-0.2, -0.15) is 0 Å². The Morgan fingerprint density at radius 2 is 2.20 bits per heavy atom. The van der Waals surface area contributed by atoms with Crippen molar-refractivity contribution in [2.75, 3.05) is 14.2 Å². The van der Waals surface area contributed by atoms with Crippen LogP contribution in [0.4, 0.5) is 0 Å². The first kappa shape index (κ1) is 14.6. The molecule has 20 heavy (non-hydrogen) atoms. The quantitative estimate of drug-likeness (QED) is 0.843. The van der Waals surface area contributed by atoms with Crippen LogP contribution in [0.3, 0.4) is 0 Å². The Balaban J connectivity index is 2.26. The van der Waals surface area contributed by atoms with E-state index in [1.165, 1.54) is 11.1 Å². The monoisotopic (exact) mass is 273 g/mol. The summed E-state index contributed by atoms with van der Waals surface area (Å²) in [6.45, 7) is 3.84. The number of aryl methyl sites for hydroxylation is 1. The van der Waals surface area contributed by atoms with Gasteiger partial charge in [-0.25, -0.2) is 4.98 Å². The topological polar surface area (TPSA) is 39.1 Å². The van der Waals surface area contributed by atoms with Gasteiger partial charge < -0.3 is 14.6 Å². The van der Waals surface area contributed by atoms with Crippen molar-refractivity contribution in [3.63, 3.8) is 0 Å². The van der Waals surface area contributed by atoms with Crippen LogP contribution in [0.2, 0.25) is 0 Å². The number of nitrogens with one attached hydrogen (secondary N) is 1. The molecule has 0 atom stereocenters. The lowest BCUT2D eigenvalue weighted by molar-refractivity contribution is 0.408. The second kappa shape index (κ2) is 7.10. The van der Waals surface area contributed by atoms with E-state index in [1.807, 2.05) is 25.5 Å². The van der Waals surface area contributed by atoms with E-state index in [0.29, 0.717) is 0 Å². The molecule has 0 aliphatic rings. The van der Waals surface area contributed by atoms with Crippen LogP contribution in [0, 0.1) is 0 Å².